The van der Waals surface area contributed by atoms with Gasteiger partial charge in [0.05, 0.1) is 65.1 Å². The summed E-state index contributed by atoms with van der Waals surface area (Å²) >= 11 is 3.57. The molecule has 2 bridgehead atoms. The molecule has 0 aliphatic carbocycles. The molecule has 28 heavy (non-hydrogen) atoms. The molecule has 0 fully saturated rings. The Morgan fingerprint density at radius 1 is 0.964 bits per heavy atom. The largest absolute Gasteiger partial charge is 0.489 e. The third-order valence-electron chi connectivity index (χ3n) is 4.03. The Labute approximate surface area is 176 Å². The lowest BCUT2D eigenvalue weighted by Gasteiger charge is -2.19. The molecule has 2 rings (SSSR count). The van der Waals surface area contributed by atoms with Crippen LogP contribution < -0.4 is 4.74 Å². The average molecular weight is 459 g/mol. The van der Waals surface area contributed by atoms with Gasteiger partial charge in [-0.05, 0) is 26.0 Å². The molecular weight excluding hydrogens is 428 g/mol. The van der Waals surface area contributed by atoms with E-state index >= 15 is 0 Å². The van der Waals surface area contributed by atoms with Crippen LogP contribution in [0.3, 0.4) is 0 Å². The Balaban J connectivity index is 2.13. The van der Waals surface area contributed by atoms with Gasteiger partial charge >= 0.3 is 0 Å². The van der Waals surface area contributed by atoms with E-state index in [4.69, 9.17) is 28.4 Å². The Morgan fingerprint density at radius 2 is 1.50 bits per heavy atom. The van der Waals surface area contributed by atoms with Crippen molar-refractivity contribution < 1.29 is 28.4 Å². The van der Waals surface area contributed by atoms with Crippen molar-refractivity contribution in [3.63, 3.8) is 0 Å². The molecule has 1 aromatic carbocycles. The van der Waals surface area contributed by atoms with Gasteiger partial charge in [0.2, 0.25) is 0 Å². The van der Waals surface area contributed by atoms with E-state index in [2.05, 4.69) is 22.5 Å². The maximum Gasteiger partial charge on any atom is 0.130 e. The van der Waals surface area contributed by atoms with Gasteiger partial charge in [-0.1, -0.05) is 28.6 Å². The molecule has 0 radical (unpaired) electrons. The van der Waals surface area contributed by atoms with Crippen LogP contribution in [0, 0.1) is 0 Å². The SMILES string of the molecule is C=CCOc1c2cc(Br)cc1COC[C@H](C)OCCOCCO[C@@H](C)COC2. The summed E-state index contributed by atoms with van der Waals surface area (Å²) in [4.78, 5) is 0. The minimum atomic E-state index is -0.0220. The van der Waals surface area contributed by atoms with Crippen LogP contribution in [0.15, 0.2) is 29.3 Å². The third-order valence-corrected chi connectivity index (χ3v) is 4.49. The third kappa shape index (κ3) is 8.59. The van der Waals surface area contributed by atoms with Crippen molar-refractivity contribution in [3.8, 4) is 5.75 Å². The summed E-state index contributed by atoms with van der Waals surface area (Å²) in [5, 5.41) is 0. The maximum atomic E-state index is 5.93. The van der Waals surface area contributed by atoms with Gasteiger partial charge in [0.1, 0.15) is 12.4 Å². The first kappa shape index (κ1) is 23.3. The lowest BCUT2D eigenvalue weighted by atomic mass is 10.1. The molecule has 0 saturated carbocycles. The summed E-state index contributed by atoms with van der Waals surface area (Å²) in [7, 11) is 0. The van der Waals surface area contributed by atoms with Gasteiger partial charge in [-0.15, -0.1) is 0 Å². The van der Waals surface area contributed by atoms with Crippen molar-refractivity contribution in [3.05, 3.63) is 40.4 Å². The zero-order valence-corrected chi connectivity index (χ0v) is 18.4. The Morgan fingerprint density at radius 3 is 2.00 bits per heavy atom. The smallest absolute Gasteiger partial charge is 0.130 e. The van der Waals surface area contributed by atoms with Crippen LogP contribution in [0.2, 0.25) is 0 Å². The molecule has 0 N–H and O–H groups in total. The first-order valence-corrected chi connectivity index (χ1v) is 10.4. The van der Waals surface area contributed by atoms with Gasteiger partial charge in [0.15, 0.2) is 0 Å². The van der Waals surface area contributed by atoms with Crippen LogP contribution in [0.5, 0.6) is 5.75 Å². The number of ether oxygens (including phenoxy) is 6. The van der Waals surface area contributed by atoms with E-state index in [1.165, 1.54) is 0 Å². The summed E-state index contributed by atoms with van der Waals surface area (Å²) in [5.41, 5.74) is 1.91. The molecule has 0 aromatic heterocycles. The quantitative estimate of drug-likeness (QED) is 0.640. The van der Waals surface area contributed by atoms with Crippen LogP contribution in [0.25, 0.3) is 0 Å². The fourth-order valence-electron chi connectivity index (χ4n) is 2.74. The topological polar surface area (TPSA) is 55.4 Å². The van der Waals surface area contributed by atoms with Gasteiger partial charge in [0.25, 0.3) is 0 Å². The second-order valence-corrected chi connectivity index (χ2v) is 7.57. The van der Waals surface area contributed by atoms with Crippen molar-refractivity contribution in [1.82, 2.24) is 0 Å². The van der Waals surface area contributed by atoms with E-state index < -0.39 is 0 Å². The van der Waals surface area contributed by atoms with E-state index in [1.54, 1.807) is 6.08 Å². The Bertz CT molecular complexity index is 553. The second kappa shape index (κ2) is 13.3. The molecule has 0 amide bonds. The highest BCUT2D eigenvalue weighted by Crippen LogP contribution is 2.30. The minimum absolute atomic E-state index is 0.0220. The summed E-state index contributed by atoms with van der Waals surface area (Å²) in [5.74, 6) is 0.778. The number of hydrogen-bond donors (Lipinski definition) is 0. The van der Waals surface area contributed by atoms with E-state index in [1.807, 2.05) is 26.0 Å². The number of fused-ring (bicyclic) bond motifs is 2. The van der Waals surface area contributed by atoms with E-state index in [-0.39, 0.29) is 12.2 Å². The zero-order valence-electron chi connectivity index (χ0n) is 16.8. The first-order valence-electron chi connectivity index (χ1n) is 9.61. The molecule has 0 unspecified atom stereocenters. The van der Waals surface area contributed by atoms with Gasteiger partial charge in [-0.25, -0.2) is 0 Å². The normalized spacial score (nSPS) is 23.4. The molecular formula is C21H31BrO6. The fourth-order valence-corrected chi connectivity index (χ4v) is 3.29. The van der Waals surface area contributed by atoms with Gasteiger partial charge in [-0.3, -0.25) is 0 Å². The highest BCUT2D eigenvalue weighted by atomic mass is 79.9. The summed E-state index contributed by atoms with van der Waals surface area (Å²) in [6.07, 6.45) is 1.68. The molecule has 1 aliphatic rings. The highest BCUT2D eigenvalue weighted by molar-refractivity contribution is 9.10. The molecule has 1 aromatic rings. The Hall–Kier alpha value is -0.960. The summed E-state index contributed by atoms with van der Waals surface area (Å²) < 4.78 is 35.6. The van der Waals surface area contributed by atoms with Crippen molar-refractivity contribution in [1.29, 1.82) is 0 Å². The first-order chi connectivity index (χ1) is 13.6. The number of benzene rings is 1. The predicted octanol–water partition coefficient (Wildman–Crippen LogP) is 3.89. The predicted molar refractivity (Wildman–Crippen MR) is 111 cm³/mol. The lowest BCUT2D eigenvalue weighted by molar-refractivity contribution is -0.0552. The molecule has 1 aliphatic heterocycles. The van der Waals surface area contributed by atoms with Crippen LogP contribution in [-0.4, -0.2) is 58.5 Å². The monoisotopic (exact) mass is 458 g/mol. The van der Waals surface area contributed by atoms with E-state index in [0.717, 1.165) is 21.3 Å². The van der Waals surface area contributed by atoms with Gasteiger partial charge in [0, 0.05) is 15.6 Å². The zero-order chi connectivity index (χ0) is 20.2. The van der Waals surface area contributed by atoms with Crippen LogP contribution >= 0.6 is 15.9 Å². The molecule has 2 atom stereocenters. The van der Waals surface area contributed by atoms with Gasteiger partial charge < -0.3 is 28.4 Å². The highest BCUT2D eigenvalue weighted by Gasteiger charge is 2.14. The molecule has 1 heterocycles. The average Bonchev–Trinajstić information content (AvgIpc) is 2.66. The summed E-state index contributed by atoms with van der Waals surface area (Å²) in [6, 6.07) is 4.01. The number of halogens is 1. The second-order valence-electron chi connectivity index (χ2n) is 6.66. The molecule has 0 saturated heterocycles. The molecule has 158 valence electrons. The summed E-state index contributed by atoms with van der Waals surface area (Å²) in [6.45, 7) is 12.1. The molecule has 0 spiro atoms. The number of rotatable bonds is 3. The van der Waals surface area contributed by atoms with Gasteiger partial charge in [-0.2, -0.15) is 0 Å². The fraction of sp³-hybridized carbons (Fsp3) is 0.619. The standard InChI is InChI=1S/C21H31BrO6/c1-4-5-28-21-18-10-20(22)11-19(21)15-25-13-17(3)27-9-7-23-6-8-26-16(2)12-24-14-18/h4,10-11,16-17H,1,5-9,12-15H2,2-3H3/t16-,17-/m0/s1. The van der Waals surface area contributed by atoms with E-state index in [0.29, 0.717) is 59.5 Å². The van der Waals surface area contributed by atoms with Crippen LogP contribution in [-0.2, 0) is 36.9 Å². The lowest BCUT2D eigenvalue weighted by Crippen LogP contribution is -2.21. The number of hydrogen-bond acceptors (Lipinski definition) is 6. The Kier molecular flexibility index (Phi) is 11.1. The minimum Gasteiger partial charge on any atom is -0.489 e. The molecule has 6 nitrogen and oxygen atoms in total. The van der Waals surface area contributed by atoms with Crippen molar-refractivity contribution >= 4 is 15.9 Å². The van der Waals surface area contributed by atoms with Crippen LogP contribution in [0.1, 0.15) is 25.0 Å². The van der Waals surface area contributed by atoms with E-state index in [9.17, 15) is 0 Å². The maximum absolute atomic E-state index is 5.93. The van der Waals surface area contributed by atoms with Crippen molar-refractivity contribution in [2.45, 2.75) is 39.3 Å². The van der Waals surface area contributed by atoms with Crippen LogP contribution in [0.4, 0.5) is 0 Å². The van der Waals surface area contributed by atoms with Crippen molar-refractivity contribution in [2.24, 2.45) is 0 Å². The van der Waals surface area contributed by atoms with Crippen molar-refractivity contribution in [2.75, 3.05) is 46.2 Å². The molecule has 7 heteroatoms.